The fourth-order valence-corrected chi connectivity index (χ4v) is 11.3. The second-order valence-electron chi connectivity index (χ2n) is 23.5. The molecule has 0 saturated carbocycles. The van der Waals surface area contributed by atoms with Crippen LogP contribution in [0.3, 0.4) is 0 Å². The van der Waals surface area contributed by atoms with Crippen molar-refractivity contribution < 1.29 is 16.2 Å². The number of fused-ring (bicyclic) bond motifs is 10. The monoisotopic (exact) mass is 1000 g/mol. The maximum absolute atomic E-state index is 9.37. The Balaban J connectivity index is 1.07. The average Bonchev–Trinajstić information content (AvgIpc) is 2.30. The van der Waals surface area contributed by atoms with Gasteiger partial charge in [-0.05, 0) is 137 Å². The van der Waals surface area contributed by atoms with Gasteiger partial charge in [0.2, 0.25) is 0 Å². The molecule has 5 nitrogen and oxygen atoms in total. The third-order valence-electron chi connectivity index (χ3n) is 15.3. The van der Waals surface area contributed by atoms with Gasteiger partial charge in [0.15, 0.2) is 0 Å². The van der Waals surface area contributed by atoms with E-state index in [-0.39, 0.29) is 46.0 Å². The van der Waals surface area contributed by atoms with E-state index < -0.39 is 6.04 Å². The molecule has 9 aromatic carbocycles. The number of para-hydroxylation sites is 3. The molecule has 0 radical (unpaired) electrons. The Hall–Kier alpha value is -8.80. The fourth-order valence-electron chi connectivity index (χ4n) is 11.3. The van der Waals surface area contributed by atoms with Crippen LogP contribution in [0.15, 0.2) is 212 Å². The van der Waals surface area contributed by atoms with Crippen LogP contribution in [0, 0.1) is 6.33 Å². The summed E-state index contributed by atoms with van der Waals surface area (Å²) < 4.78 is 58.5. The number of aromatic nitrogens is 4. The molecule has 5 heteroatoms. The van der Waals surface area contributed by atoms with E-state index in [9.17, 15) is 2.74 Å². The van der Waals surface area contributed by atoms with Crippen LogP contribution in [-0.4, -0.2) is 14.1 Å². The summed E-state index contributed by atoms with van der Waals surface area (Å²) in [6.45, 7) is 20.2. The lowest BCUT2D eigenvalue weighted by atomic mass is 9.78. The maximum Gasteiger partial charge on any atom is 0.269 e. The molecule has 4 heterocycles. The molecule has 13 rings (SSSR count). The summed E-state index contributed by atoms with van der Waals surface area (Å²) in [7, 11) is 0. The van der Waals surface area contributed by atoms with E-state index in [0.717, 1.165) is 94.5 Å². The topological polar surface area (TPSA) is 35.9 Å². The molecule has 0 bridgehead atoms. The predicted octanol–water partition coefficient (Wildman–Crippen LogP) is 18.5. The van der Waals surface area contributed by atoms with Crippen molar-refractivity contribution >= 4 is 32.8 Å². The van der Waals surface area contributed by atoms with Crippen LogP contribution in [0.2, 0.25) is 0 Å². The summed E-state index contributed by atoms with van der Waals surface area (Å²) >= 11 is 0. The third-order valence-corrected chi connectivity index (χ3v) is 15.3. The van der Waals surface area contributed by atoms with Crippen LogP contribution >= 0.6 is 0 Å². The number of hydrogen-bond acceptors (Lipinski definition) is 2. The zero-order chi connectivity index (χ0) is 57.3. The Morgan fingerprint density at radius 3 is 1.82 bits per heavy atom. The van der Waals surface area contributed by atoms with Crippen molar-refractivity contribution in [2.75, 3.05) is 0 Å². The van der Waals surface area contributed by atoms with Crippen LogP contribution in [0.5, 0.6) is 11.5 Å². The van der Waals surface area contributed by atoms with E-state index in [0.29, 0.717) is 17.1 Å². The molecule has 0 saturated heterocycles. The number of imidazole rings is 1. The lowest BCUT2D eigenvalue weighted by Gasteiger charge is -2.27. The van der Waals surface area contributed by atoms with Crippen molar-refractivity contribution in [3.63, 3.8) is 0 Å². The Morgan fingerprint density at radius 2 is 1.06 bits per heavy atom. The van der Waals surface area contributed by atoms with Gasteiger partial charge in [0.05, 0.1) is 40.3 Å². The molecule has 0 atom stereocenters. The molecule has 0 fully saturated rings. The van der Waals surface area contributed by atoms with Crippen LogP contribution in [-0.2, 0) is 16.2 Å². The molecule has 376 valence electrons. The van der Waals surface area contributed by atoms with Crippen LogP contribution in [0.25, 0.3) is 106 Å². The van der Waals surface area contributed by atoms with Crippen molar-refractivity contribution in [3.8, 4) is 84.3 Å². The van der Waals surface area contributed by atoms with Gasteiger partial charge in [-0.3, -0.25) is 13.7 Å². The Morgan fingerprint density at radius 1 is 0.468 bits per heavy atom. The van der Waals surface area contributed by atoms with Gasteiger partial charge in [0, 0.05) is 23.0 Å². The van der Waals surface area contributed by atoms with Crippen molar-refractivity contribution in [2.45, 2.75) is 78.6 Å². The summed E-state index contributed by atoms with van der Waals surface area (Å²) in [5, 5.41) is 2.23. The van der Waals surface area contributed by atoms with Gasteiger partial charge in [-0.1, -0.05) is 214 Å². The summed E-state index contributed by atoms with van der Waals surface area (Å²) in [6.07, 6.45) is 5.84. The molecule has 0 amide bonds. The average molecular weight is 1000 g/mol. The standard InChI is InChI=1S/C72H62N4O/c1-70(2,3)48-37-38-73-66(42-48)76-63-33-16-15-27-58(63)59-36-35-53(44-65(59)76)77-52-24-17-23-51(43-52)74-45-75-68-55(47-39-49(71(4,5)6)41-50(40-47)72(7,8)9)29-19-31-61(68)57-26-14-13-25-56(57)60-30-18-28-54(46-21-11-10-12-22-46)67(60)62-32-20-34-64(74)69(62)75/h10-44H,1-9H3/i10D,11D,12D,21D,22D. The second kappa shape index (κ2) is 17.9. The van der Waals surface area contributed by atoms with E-state index in [1.807, 2.05) is 54.7 Å². The number of pyridine rings is 1. The van der Waals surface area contributed by atoms with E-state index in [2.05, 4.69) is 210 Å². The summed E-state index contributed by atoms with van der Waals surface area (Å²) in [4.78, 5) is 4.92. The molecule has 0 aliphatic carbocycles. The van der Waals surface area contributed by atoms with E-state index in [1.165, 1.54) is 16.7 Å². The number of benzene rings is 9. The number of nitrogens with zero attached hydrogens (tertiary/aromatic N) is 4. The van der Waals surface area contributed by atoms with Crippen molar-refractivity contribution in [3.05, 3.63) is 235 Å². The molecule has 3 aromatic heterocycles. The van der Waals surface area contributed by atoms with Gasteiger partial charge in [-0.2, -0.15) is 0 Å². The molecule has 0 unspecified atom stereocenters. The number of hydrogen-bond donors (Lipinski definition) is 0. The predicted molar refractivity (Wildman–Crippen MR) is 319 cm³/mol. The van der Waals surface area contributed by atoms with Gasteiger partial charge in [0.25, 0.3) is 6.33 Å². The maximum atomic E-state index is 9.37. The zero-order valence-electron chi connectivity index (χ0n) is 50.0. The molecule has 0 spiro atoms. The van der Waals surface area contributed by atoms with Crippen molar-refractivity contribution in [2.24, 2.45) is 0 Å². The van der Waals surface area contributed by atoms with Crippen LogP contribution < -0.4 is 9.30 Å². The first kappa shape index (κ1) is 42.4. The minimum Gasteiger partial charge on any atom is -0.458 e. The van der Waals surface area contributed by atoms with E-state index in [4.69, 9.17) is 13.8 Å². The Kier molecular flexibility index (Phi) is 9.87. The second-order valence-corrected chi connectivity index (χ2v) is 23.5. The third kappa shape index (κ3) is 8.24. The number of ether oxygens (including phenoxy) is 1. The summed E-state index contributed by atoms with van der Waals surface area (Å²) in [5.74, 6) is 2.14. The lowest BCUT2D eigenvalue weighted by molar-refractivity contribution is -0.570. The fraction of sp³-hybridized carbons (Fsp3) is 0.167. The first-order valence-electron chi connectivity index (χ1n) is 29.0. The lowest BCUT2D eigenvalue weighted by Crippen LogP contribution is -2.32. The summed E-state index contributed by atoms with van der Waals surface area (Å²) in [6, 6.07) is 59.5. The van der Waals surface area contributed by atoms with Crippen molar-refractivity contribution in [1.29, 1.82) is 0 Å². The van der Waals surface area contributed by atoms with Crippen LogP contribution in [0.1, 0.15) is 85.9 Å². The minimum absolute atomic E-state index is 0.0680. The zero-order valence-corrected chi connectivity index (χ0v) is 45.0. The largest absolute Gasteiger partial charge is 0.458 e. The van der Waals surface area contributed by atoms with Gasteiger partial charge >= 0.3 is 0 Å². The smallest absolute Gasteiger partial charge is 0.269 e. The minimum atomic E-state index is -0.437. The molecule has 1 aliphatic heterocycles. The highest BCUT2D eigenvalue weighted by Crippen LogP contribution is 2.49. The molecular formula is C72H62N4O. The highest BCUT2D eigenvalue weighted by molar-refractivity contribution is 6.10. The van der Waals surface area contributed by atoms with E-state index in [1.54, 1.807) is 0 Å². The van der Waals surface area contributed by atoms with E-state index >= 15 is 0 Å². The highest BCUT2D eigenvalue weighted by Gasteiger charge is 2.29. The van der Waals surface area contributed by atoms with Crippen LogP contribution in [0.4, 0.5) is 0 Å². The van der Waals surface area contributed by atoms with Gasteiger partial charge in [-0.25, -0.2) is 4.98 Å². The molecule has 77 heavy (non-hydrogen) atoms. The van der Waals surface area contributed by atoms with Gasteiger partial charge < -0.3 is 4.74 Å². The SMILES string of the molecule is [2H]c1c([2H])c([2H])c(-c2cccc3c2-c2cccc4c2[n+]([c-]n4-c2cccc(Oc4ccc5c6ccccc6n(-c6cc(C(C)(C)C)ccn6)c5c4)c2)-c2c(-c4cc(C(C)(C)C)cc(C(C)(C)C)c4)cccc2-c2ccccc2-3)c([2H])c1[2H]. The molecule has 12 aromatic rings. The molecule has 0 N–H and O–H groups in total. The number of rotatable bonds is 6. The summed E-state index contributed by atoms with van der Waals surface area (Å²) in [5.41, 5.74) is 16.8. The van der Waals surface area contributed by atoms with Gasteiger partial charge in [0.1, 0.15) is 17.3 Å². The normalized spacial score (nSPS) is 13.4. The first-order valence-corrected chi connectivity index (χ1v) is 26.5. The van der Waals surface area contributed by atoms with Gasteiger partial charge in [-0.15, -0.1) is 0 Å². The first-order chi connectivity index (χ1) is 39.2. The quantitative estimate of drug-likeness (QED) is 0.123. The highest BCUT2D eigenvalue weighted by atomic mass is 16.5. The van der Waals surface area contributed by atoms with Crippen molar-refractivity contribution in [1.82, 2.24) is 14.1 Å². The molecule has 1 aliphatic rings. The Bertz CT molecular complexity index is 4560. The Labute approximate surface area is 459 Å². The molecular weight excluding hydrogens is 937 g/mol.